The summed E-state index contributed by atoms with van der Waals surface area (Å²) in [6, 6.07) is 0. The van der Waals surface area contributed by atoms with Crippen molar-refractivity contribution in [2.45, 2.75) is 18.4 Å². The van der Waals surface area contributed by atoms with Crippen LogP contribution in [-0.4, -0.2) is 36.5 Å². The minimum absolute atomic E-state index is 0.220. The third-order valence-electron chi connectivity index (χ3n) is 2.43. The van der Waals surface area contributed by atoms with Gasteiger partial charge < -0.3 is 10.2 Å². The number of carbonyl (C=O) groups is 1. The van der Waals surface area contributed by atoms with E-state index in [0.717, 1.165) is 6.54 Å². The maximum atomic E-state index is 11.0. The highest BCUT2D eigenvalue weighted by Gasteiger charge is 2.46. The van der Waals surface area contributed by atoms with Crippen LogP contribution >= 0.6 is 0 Å². The van der Waals surface area contributed by atoms with Crippen molar-refractivity contribution in [2.75, 3.05) is 20.1 Å². The molecule has 1 spiro atoms. The van der Waals surface area contributed by atoms with E-state index in [1.54, 1.807) is 0 Å². The van der Waals surface area contributed by atoms with Crippen LogP contribution in [0.5, 0.6) is 0 Å². The molecule has 0 aromatic carbocycles. The topological polar surface area (TPSA) is 32.3 Å². The highest BCUT2D eigenvalue weighted by atomic mass is 16.2. The van der Waals surface area contributed by atoms with Gasteiger partial charge in [-0.1, -0.05) is 0 Å². The van der Waals surface area contributed by atoms with Crippen molar-refractivity contribution in [3.63, 3.8) is 0 Å². The molecule has 1 aliphatic carbocycles. The molecule has 0 aromatic heterocycles. The van der Waals surface area contributed by atoms with Gasteiger partial charge in [0.05, 0.1) is 6.54 Å². The Labute approximate surface area is 60.4 Å². The maximum Gasteiger partial charge on any atom is 0.236 e. The first kappa shape index (κ1) is 6.16. The zero-order valence-electron chi connectivity index (χ0n) is 6.18. The summed E-state index contributed by atoms with van der Waals surface area (Å²) in [7, 11) is 1.88. The second kappa shape index (κ2) is 1.72. The van der Waals surface area contributed by atoms with Crippen LogP contribution in [0.4, 0.5) is 0 Å². The zero-order chi connectivity index (χ0) is 7.19. The van der Waals surface area contributed by atoms with Crippen molar-refractivity contribution < 1.29 is 4.79 Å². The highest BCUT2D eigenvalue weighted by Crippen LogP contribution is 2.37. The lowest BCUT2D eigenvalue weighted by Crippen LogP contribution is -2.54. The van der Waals surface area contributed by atoms with Crippen molar-refractivity contribution in [3.8, 4) is 0 Å². The molecule has 1 N–H and O–H groups in total. The van der Waals surface area contributed by atoms with Crippen LogP contribution in [0.25, 0.3) is 0 Å². The van der Waals surface area contributed by atoms with Gasteiger partial charge >= 0.3 is 0 Å². The molecule has 0 radical (unpaired) electrons. The van der Waals surface area contributed by atoms with Gasteiger partial charge in [-0.15, -0.1) is 0 Å². The smallest absolute Gasteiger partial charge is 0.236 e. The third kappa shape index (κ3) is 0.814. The third-order valence-corrected chi connectivity index (χ3v) is 2.43. The first-order valence-corrected chi connectivity index (χ1v) is 3.71. The summed E-state index contributed by atoms with van der Waals surface area (Å²) in [6.07, 6.45) is 2.48. The van der Waals surface area contributed by atoms with Gasteiger partial charge in [-0.25, -0.2) is 0 Å². The largest absolute Gasteiger partial charge is 0.343 e. The molecule has 3 nitrogen and oxygen atoms in total. The highest BCUT2D eigenvalue weighted by molar-refractivity contribution is 5.79. The Balaban J connectivity index is 2.04. The van der Waals surface area contributed by atoms with Crippen molar-refractivity contribution in [1.29, 1.82) is 0 Å². The predicted molar refractivity (Wildman–Crippen MR) is 37.6 cm³/mol. The number of hydrogen-bond donors (Lipinski definition) is 1. The van der Waals surface area contributed by atoms with Crippen LogP contribution in [0.1, 0.15) is 12.8 Å². The summed E-state index contributed by atoms with van der Waals surface area (Å²) in [5, 5.41) is 3.26. The number of piperazine rings is 1. The number of likely N-dealkylation sites (N-methyl/N-ethyl adjacent to an activating group) is 1. The SMILES string of the molecule is CN1CC2(CC2)NCC1=O. The minimum atomic E-state index is 0.220. The first-order chi connectivity index (χ1) is 4.72. The van der Waals surface area contributed by atoms with E-state index in [2.05, 4.69) is 5.32 Å². The van der Waals surface area contributed by atoms with Crippen LogP contribution in [0.2, 0.25) is 0 Å². The van der Waals surface area contributed by atoms with E-state index in [1.165, 1.54) is 12.8 Å². The molecule has 1 amide bonds. The molecule has 0 unspecified atom stereocenters. The quantitative estimate of drug-likeness (QED) is 0.495. The molecule has 1 aliphatic heterocycles. The Bertz CT molecular complexity index is 174. The number of nitrogens with zero attached hydrogens (tertiary/aromatic N) is 1. The normalized spacial score (nSPS) is 29.3. The van der Waals surface area contributed by atoms with E-state index in [0.29, 0.717) is 12.1 Å². The molecular formula is C7H12N2O. The van der Waals surface area contributed by atoms with Crippen molar-refractivity contribution in [3.05, 3.63) is 0 Å². The van der Waals surface area contributed by atoms with E-state index in [9.17, 15) is 4.79 Å². The Morgan fingerprint density at radius 3 is 2.80 bits per heavy atom. The van der Waals surface area contributed by atoms with Crippen LogP contribution in [-0.2, 0) is 4.79 Å². The Morgan fingerprint density at radius 1 is 1.60 bits per heavy atom. The fourth-order valence-corrected chi connectivity index (χ4v) is 1.48. The molecule has 0 atom stereocenters. The molecule has 0 aromatic rings. The maximum absolute atomic E-state index is 11.0. The molecular weight excluding hydrogens is 128 g/mol. The lowest BCUT2D eigenvalue weighted by molar-refractivity contribution is -0.131. The number of hydrogen-bond acceptors (Lipinski definition) is 2. The van der Waals surface area contributed by atoms with Gasteiger partial charge in [0.15, 0.2) is 0 Å². The van der Waals surface area contributed by atoms with E-state index < -0.39 is 0 Å². The minimum Gasteiger partial charge on any atom is -0.343 e. The molecule has 56 valence electrons. The molecule has 1 saturated heterocycles. The van der Waals surface area contributed by atoms with E-state index >= 15 is 0 Å². The van der Waals surface area contributed by atoms with E-state index in [-0.39, 0.29) is 5.91 Å². The zero-order valence-corrected chi connectivity index (χ0v) is 6.18. The fraction of sp³-hybridized carbons (Fsp3) is 0.857. The molecule has 0 bridgehead atoms. The van der Waals surface area contributed by atoms with Crippen LogP contribution in [0.15, 0.2) is 0 Å². The summed E-state index contributed by atoms with van der Waals surface area (Å²) in [6.45, 7) is 1.45. The van der Waals surface area contributed by atoms with Gasteiger partial charge in [-0.2, -0.15) is 0 Å². The number of nitrogens with one attached hydrogen (secondary N) is 1. The predicted octanol–water partition coefficient (Wildman–Crippen LogP) is -0.419. The summed E-state index contributed by atoms with van der Waals surface area (Å²) < 4.78 is 0. The fourth-order valence-electron chi connectivity index (χ4n) is 1.48. The Kier molecular flexibility index (Phi) is 1.06. The molecule has 10 heavy (non-hydrogen) atoms. The summed E-state index contributed by atoms with van der Waals surface area (Å²) >= 11 is 0. The van der Waals surface area contributed by atoms with Gasteiger partial charge in [0.25, 0.3) is 0 Å². The molecule has 2 aliphatic rings. The lowest BCUT2D eigenvalue weighted by atomic mass is 10.2. The average molecular weight is 140 g/mol. The van der Waals surface area contributed by atoms with Crippen molar-refractivity contribution in [1.82, 2.24) is 10.2 Å². The molecule has 2 rings (SSSR count). The summed E-state index contributed by atoms with van der Waals surface area (Å²) in [5.41, 5.74) is 0.336. The van der Waals surface area contributed by atoms with Gasteiger partial charge in [-0.3, -0.25) is 4.79 Å². The number of amides is 1. The number of rotatable bonds is 0. The van der Waals surface area contributed by atoms with Crippen LogP contribution < -0.4 is 5.32 Å². The standard InChI is InChI=1S/C7H12N2O/c1-9-5-7(2-3-7)8-4-6(9)10/h8H,2-5H2,1H3. The second-order valence-corrected chi connectivity index (χ2v) is 3.38. The van der Waals surface area contributed by atoms with Gasteiger partial charge in [0.2, 0.25) is 5.91 Å². The molecule has 2 fully saturated rings. The van der Waals surface area contributed by atoms with Gasteiger partial charge in [-0.05, 0) is 12.8 Å². The van der Waals surface area contributed by atoms with Crippen molar-refractivity contribution >= 4 is 5.91 Å². The van der Waals surface area contributed by atoms with E-state index in [1.807, 2.05) is 11.9 Å². The lowest BCUT2D eigenvalue weighted by Gasteiger charge is -2.30. The second-order valence-electron chi connectivity index (χ2n) is 3.38. The van der Waals surface area contributed by atoms with E-state index in [4.69, 9.17) is 0 Å². The molecule has 1 heterocycles. The Hall–Kier alpha value is -0.570. The monoisotopic (exact) mass is 140 g/mol. The van der Waals surface area contributed by atoms with Gasteiger partial charge in [0, 0.05) is 19.1 Å². The van der Waals surface area contributed by atoms with Crippen LogP contribution in [0.3, 0.4) is 0 Å². The average Bonchev–Trinajstić information content (AvgIpc) is 2.62. The molecule has 1 saturated carbocycles. The van der Waals surface area contributed by atoms with Gasteiger partial charge in [0.1, 0.15) is 0 Å². The number of carbonyl (C=O) groups excluding carboxylic acids is 1. The Morgan fingerprint density at radius 2 is 2.30 bits per heavy atom. The summed E-state index contributed by atoms with van der Waals surface area (Å²) in [5.74, 6) is 0.220. The first-order valence-electron chi connectivity index (χ1n) is 3.71. The van der Waals surface area contributed by atoms with Crippen molar-refractivity contribution in [2.24, 2.45) is 0 Å². The molecule has 3 heteroatoms. The summed E-state index contributed by atoms with van der Waals surface area (Å²) in [4.78, 5) is 12.8. The van der Waals surface area contributed by atoms with Crippen LogP contribution in [0, 0.1) is 0 Å².